The van der Waals surface area contributed by atoms with E-state index in [1.54, 1.807) is 31.5 Å². The number of carbonyl (C=O) groups excluding carboxylic acids is 1. The molecule has 2 aromatic rings. The number of thiophene rings is 1. The van der Waals surface area contributed by atoms with E-state index in [1.807, 2.05) is 17.5 Å². The Kier molecular flexibility index (Phi) is 7.28. The molecule has 0 spiro atoms. The van der Waals surface area contributed by atoms with Crippen molar-refractivity contribution in [2.24, 2.45) is 4.99 Å². The van der Waals surface area contributed by atoms with Gasteiger partial charge in [-0.3, -0.25) is 4.79 Å². The van der Waals surface area contributed by atoms with Crippen molar-refractivity contribution in [3.05, 3.63) is 40.1 Å². The Hall–Kier alpha value is -3.08. The van der Waals surface area contributed by atoms with Crippen molar-refractivity contribution in [1.82, 2.24) is 15.5 Å². The van der Waals surface area contributed by atoms with Crippen LogP contribution in [0.15, 0.2) is 34.6 Å². The van der Waals surface area contributed by atoms with Gasteiger partial charge in [-0.25, -0.2) is 4.99 Å². The highest BCUT2D eigenvalue weighted by Crippen LogP contribution is 2.39. The maximum Gasteiger partial charge on any atom is 0.387 e. The van der Waals surface area contributed by atoms with Crippen LogP contribution in [0.2, 0.25) is 0 Å². The van der Waals surface area contributed by atoms with Crippen molar-refractivity contribution < 1.29 is 27.8 Å². The molecular formula is C19H22F2N4O4S. The minimum atomic E-state index is -2.99. The molecule has 1 aromatic carbocycles. The van der Waals surface area contributed by atoms with Crippen molar-refractivity contribution >= 4 is 23.2 Å². The van der Waals surface area contributed by atoms with E-state index in [0.29, 0.717) is 29.6 Å². The second kappa shape index (κ2) is 10.1. The average Bonchev–Trinajstić information content (AvgIpc) is 3.37. The SMILES string of the molecule is CN(C)C(=O)CNC(=NCc1cc2c(cc1OC(F)F)OCO2)NCc1cccs1. The summed E-state index contributed by atoms with van der Waals surface area (Å²) in [7, 11) is 3.31. The molecule has 0 saturated heterocycles. The molecule has 0 aliphatic carbocycles. The van der Waals surface area contributed by atoms with Crippen molar-refractivity contribution in [3.63, 3.8) is 0 Å². The highest BCUT2D eigenvalue weighted by Gasteiger charge is 2.20. The van der Waals surface area contributed by atoms with E-state index in [1.165, 1.54) is 11.0 Å². The summed E-state index contributed by atoms with van der Waals surface area (Å²) in [5, 5.41) is 8.04. The van der Waals surface area contributed by atoms with Gasteiger partial charge in [-0.2, -0.15) is 8.78 Å². The number of alkyl halides is 2. The van der Waals surface area contributed by atoms with Gasteiger partial charge in [-0.05, 0) is 17.5 Å². The van der Waals surface area contributed by atoms with Gasteiger partial charge in [0, 0.05) is 30.6 Å². The van der Waals surface area contributed by atoms with E-state index in [4.69, 9.17) is 9.47 Å². The van der Waals surface area contributed by atoms with Crippen molar-refractivity contribution in [2.45, 2.75) is 19.7 Å². The molecule has 0 radical (unpaired) electrons. The summed E-state index contributed by atoms with van der Waals surface area (Å²) < 4.78 is 40.8. The second-order valence-corrected chi connectivity index (χ2v) is 7.46. The number of likely N-dealkylation sites (N-methyl/N-ethyl adjacent to an activating group) is 1. The van der Waals surface area contributed by atoms with Crippen LogP contribution in [0.3, 0.4) is 0 Å². The number of guanidine groups is 1. The number of nitrogens with zero attached hydrogens (tertiary/aromatic N) is 2. The summed E-state index contributed by atoms with van der Waals surface area (Å²) in [4.78, 5) is 18.9. The molecule has 1 amide bonds. The fourth-order valence-electron chi connectivity index (χ4n) is 2.53. The van der Waals surface area contributed by atoms with Crippen molar-refractivity contribution in [3.8, 4) is 17.2 Å². The van der Waals surface area contributed by atoms with Crippen LogP contribution in [0.4, 0.5) is 8.78 Å². The average molecular weight is 440 g/mol. The van der Waals surface area contributed by atoms with Gasteiger partial charge in [-0.1, -0.05) is 6.07 Å². The molecule has 2 N–H and O–H groups in total. The Balaban J connectivity index is 1.76. The zero-order chi connectivity index (χ0) is 21.5. The van der Waals surface area contributed by atoms with Crippen LogP contribution in [-0.4, -0.2) is 50.8 Å². The van der Waals surface area contributed by atoms with Crippen LogP contribution >= 0.6 is 11.3 Å². The fraction of sp³-hybridized carbons (Fsp3) is 0.368. The Labute approximate surface area is 176 Å². The molecule has 1 aliphatic heterocycles. The first-order valence-corrected chi connectivity index (χ1v) is 9.92. The van der Waals surface area contributed by atoms with Gasteiger partial charge in [-0.15, -0.1) is 11.3 Å². The summed E-state index contributed by atoms with van der Waals surface area (Å²) in [6.45, 7) is -2.42. The van der Waals surface area contributed by atoms with Gasteiger partial charge >= 0.3 is 6.61 Å². The second-order valence-electron chi connectivity index (χ2n) is 6.43. The number of benzene rings is 1. The highest BCUT2D eigenvalue weighted by molar-refractivity contribution is 7.09. The molecule has 2 heterocycles. The first-order valence-electron chi connectivity index (χ1n) is 9.04. The quantitative estimate of drug-likeness (QED) is 0.485. The molecule has 0 atom stereocenters. The number of rotatable bonds is 8. The Morgan fingerprint density at radius 3 is 2.73 bits per heavy atom. The zero-order valence-electron chi connectivity index (χ0n) is 16.5. The molecule has 30 heavy (non-hydrogen) atoms. The lowest BCUT2D eigenvalue weighted by Gasteiger charge is -2.15. The Bertz CT molecular complexity index is 891. The predicted octanol–water partition coefficient (Wildman–Crippen LogP) is 2.40. The van der Waals surface area contributed by atoms with Gasteiger partial charge in [0.05, 0.1) is 19.6 Å². The van der Waals surface area contributed by atoms with E-state index in [-0.39, 0.29) is 31.5 Å². The molecule has 0 unspecified atom stereocenters. The number of nitrogens with one attached hydrogen (secondary N) is 2. The fourth-order valence-corrected chi connectivity index (χ4v) is 3.18. The van der Waals surface area contributed by atoms with E-state index in [9.17, 15) is 13.6 Å². The maximum atomic E-state index is 12.8. The molecule has 11 heteroatoms. The smallest absolute Gasteiger partial charge is 0.387 e. The number of ether oxygens (including phenoxy) is 3. The van der Waals surface area contributed by atoms with Crippen LogP contribution in [0.25, 0.3) is 0 Å². The van der Waals surface area contributed by atoms with Crippen LogP contribution in [0.5, 0.6) is 17.2 Å². The number of halogens is 2. The first-order chi connectivity index (χ1) is 14.4. The molecule has 0 saturated carbocycles. The third-order valence-corrected chi connectivity index (χ3v) is 4.97. The molecule has 1 aliphatic rings. The predicted molar refractivity (Wildman–Crippen MR) is 108 cm³/mol. The zero-order valence-corrected chi connectivity index (χ0v) is 17.3. The molecule has 8 nitrogen and oxygen atoms in total. The van der Waals surface area contributed by atoms with E-state index in [2.05, 4.69) is 20.4 Å². The number of carbonyl (C=O) groups is 1. The van der Waals surface area contributed by atoms with Crippen molar-refractivity contribution in [2.75, 3.05) is 27.4 Å². The van der Waals surface area contributed by atoms with Crippen molar-refractivity contribution in [1.29, 1.82) is 0 Å². The van der Waals surface area contributed by atoms with E-state index in [0.717, 1.165) is 4.88 Å². The molecule has 1 aromatic heterocycles. The van der Waals surface area contributed by atoms with Crippen LogP contribution in [0, 0.1) is 0 Å². The van der Waals surface area contributed by atoms with Crippen LogP contribution < -0.4 is 24.8 Å². The number of hydrogen-bond donors (Lipinski definition) is 2. The summed E-state index contributed by atoms with van der Waals surface area (Å²) >= 11 is 1.58. The van der Waals surface area contributed by atoms with Gasteiger partial charge in [0.1, 0.15) is 5.75 Å². The number of fused-ring (bicyclic) bond motifs is 1. The molecular weight excluding hydrogens is 418 g/mol. The molecule has 0 fully saturated rings. The molecule has 3 rings (SSSR count). The largest absolute Gasteiger partial charge is 0.454 e. The lowest BCUT2D eigenvalue weighted by atomic mass is 10.1. The van der Waals surface area contributed by atoms with E-state index < -0.39 is 6.61 Å². The molecule has 0 bridgehead atoms. The number of aliphatic imine (C=N–C) groups is 1. The maximum absolute atomic E-state index is 12.8. The minimum absolute atomic E-state index is 0.0119. The Morgan fingerprint density at radius 1 is 1.30 bits per heavy atom. The van der Waals surface area contributed by atoms with Gasteiger partial charge in [0.15, 0.2) is 17.5 Å². The van der Waals surface area contributed by atoms with Gasteiger partial charge in [0.2, 0.25) is 12.7 Å². The lowest BCUT2D eigenvalue weighted by molar-refractivity contribution is -0.127. The summed E-state index contributed by atoms with van der Waals surface area (Å²) in [6.07, 6.45) is 0. The normalized spacial score (nSPS) is 12.8. The van der Waals surface area contributed by atoms with Gasteiger partial charge in [0.25, 0.3) is 0 Å². The lowest BCUT2D eigenvalue weighted by Crippen LogP contribution is -2.42. The summed E-state index contributed by atoms with van der Waals surface area (Å²) in [5.41, 5.74) is 0.399. The first kappa shape index (κ1) is 21.6. The summed E-state index contributed by atoms with van der Waals surface area (Å²) in [6, 6.07) is 6.82. The standard InChI is InChI=1S/C19H22F2N4O4S/c1-25(2)17(26)10-24-19(23-9-13-4-3-5-30-13)22-8-12-6-15-16(28-11-27-15)7-14(12)29-18(20)21/h3-7,18H,8-11H2,1-2H3,(H2,22,23,24). The third kappa shape index (κ3) is 5.96. The summed E-state index contributed by atoms with van der Waals surface area (Å²) in [5.74, 6) is 0.958. The van der Waals surface area contributed by atoms with E-state index >= 15 is 0 Å². The highest BCUT2D eigenvalue weighted by atomic mass is 32.1. The minimum Gasteiger partial charge on any atom is -0.454 e. The number of amides is 1. The third-order valence-electron chi connectivity index (χ3n) is 4.10. The van der Waals surface area contributed by atoms with Crippen LogP contribution in [0.1, 0.15) is 10.4 Å². The van der Waals surface area contributed by atoms with Gasteiger partial charge < -0.3 is 29.7 Å². The monoisotopic (exact) mass is 440 g/mol. The van der Waals surface area contributed by atoms with Crippen LogP contribution in [-0.2, 0) is 17.9 Å². The molecule has 162 valence electrons. The number of hydrogen-bond acceptors (Lipinski definition) is 6. The topological polar surface area (TPSA) is 84.4 Å². The Morgan fingerprint density at radius 2 is 2.07 bits per heavy atom.